The Morgan fingerprint density at radius 1 is 0.435 bits per heavy atom. The standard InChI is InChI=1S/C66H124N2O24/c1-5-7-9-11-13-15-17-18-19-20-21-22-23-24-25-26-28-30-32-34-36-45(73)62(84)68-43(51(75)44(72)35-33-31-29-27-16-14-12-10-8-6-2)39-85-66-61(57(81)52(76)46(37-69)89-66)92-65-59(83)56(80)53(77)48(90-65)40-86-63-49(67-42(4)71)60(54(78)47(38-70)88-63)91-64-58(82)55(79)50(74)41(3)87-64/h41,43-61,63-66,69-70,72-83H,5-40H2,1-4H3,(H,67,71)(H,68,84)/t41-,43-,44+,45+,46+,47+,48+,49+,50-,51-,52-,53-,54-,55+,56-,57-,58+,59+,60+,61+,63+,64-,65+,66-/m0/s1. The molecular weight excluding hydrogens is 1200 g/mol. The summed E-state index contributed by atoms with van der Waals surface area (Å²) in [5.74, 6) is -1.55. The van der Waals surface area contributed by atoms with E-state index in [0.717, 1.165) is 64.7 Å². The quantitative estimate of drug-likeness (QED) is 0.0389. The molecule has 4 heterocycles. The van der Waals surface area contributed by atoms with Crippen molar-refractivity contribution in [2.75, 3.05) is 26.4 Å². The van der Waals surface area contributed by atoms with Crippen molar-refractivity contribution in [2.24, 2.45) is 0 Å². The van der Waals surface area contributed by atoms with Gasteiger partial charge in [0.15, 0.2) is 25.2 Å². The van der Waals surface area contributed by atoms with Crippen molar-refractivity contribution < 1.29 is 119 Å². The van der Waals surface area contributed by atoms with Gasteiger partial charge in [0.25, 0.3) is 0 Å². The first-order chi connectivity index (χ1) is 44.2. The highest BCUT2D eigenvalue weighted by Gasteiger charge is 2.54. The number of hydrogen-bond donors (Lipinski definition) is 16. The lowest BCUT2D eigenvalue weighted by Crippen LogP contribution is -2.68. The van der Waals surface area contributed by atoms with Crippen LogP contribution in [0.15, 0.2) is 0 Å². The molecular formula is C66H124N2O24. The highest BCUT2D eigenvalue weighted by molar-refractivity contribution is 5.80. The van der Waals surface area contributed by atoms with Crippen LogP contribution in [-0.4, -0.2) is 257 Å². The number of hydrogen-bond acceptors (Lipinski definition) is 24. The lowest BCUT2D eigenvalue weighted by atomic mass is 9.95. The van der Waals surface area contributed by atoms with Crippen LogP contribution in [0, 0.1) is 0 Å². The molecule has 4 fully saturated rings. The van der Waals surface area contributed by atoms with E-state index in [1.165, 1.54) is 129 Å². The molecule has 0 aromatic rings. The van der Waals surface area contributed by atoms with E-state index in [9.17, 15) is 81.1 Å². The van der Waals surface area contributed by atoms with Gasteiger partial charge in [0.1, 0.15) is 104 Å². The third-order valence-electron chi connectivity index (χ3n) is 18.6. The Morgan fingerprint density at radius 2 is 0.837 bits per heavy atom. The van der Waals surface area contributed by atoms with Gasteiger partial charge in [-0.05, 0) is 19.8 Å². The number of carbonyl (C=O) groups excluding carboxylic acids is 2. The van der Waals surface area contributed by atoms with E-state index >= 15 is 0 Å². The van der Waals surface area contributed by atoms with Gasteiger partial charge < -0.3 is 120 Å². The number of unbranched alkanes of at least 4 members (excludes halogenated alkanes) is 28. The van der Waals surface area contributed by atoms with Crippen molar-refractivity contribution in [1.82, 2.24) is 10.6 Å². The maximum Gasteiger partial charge on any atom is 0.249 e. The van der Waals surface area contributed by atoms with Gasteiger partial charge in [0.2, 0.25) is 11.8 Å². The molecule has 26 nitrogen and oxygen atoms in total. The molecule has 0 aliphatic carbocycles. The minimum absolute atomic E-state index is 0.124. The summed E-state index contributed by atoms with van der Waals surface area (Å²) >= 11 is 0. The fourth-order valence-electron chi connectivity index (χ4n) is 12.6. The Morgan fingerprint density at radius 3 is 1.32 bits per heavy atom. The lowest BCUT2D eigenvalue weighted by molar-refractivity contribution is -0.373. The van der Waals surface area contributed by atoms with Crippen molar-refractivity contribution >= 4 is 11.8 Å². The second-order valence-electron chi connectivity index (χ2n) is 26.4. The van der Waals surface area contributed by atoms with Crippen LogP contribution in [0.5, 0.6) is 0 Å². The number of rotatable bonds is 49. The number of aliphatic hydroxyl groups is 14. The largest absolute Gasteiger partial charge is 0.394 e. The molecule has 4 aliphatic rings. The van der Waals surface area contributed by atoms with Crippen molar-refractivity contribution in [3.8, 4) is 0 Å². The van der Waals surface area contributed by atoms with E-state index in [-0.39, 0.29) is 12.8 Å². The number of amides is 2. The fourth-order valence-corrected chi connectivity index (χ4v) is 12.6. The molecule has 4 rings (SSSR count). The highest BCUT2D eigenvalue weighted by Crippen LogP contribution is 2.34. The van der Waals surface area contributed by atoms with Crippen LogP contribution in [-0.2, 0) is 47.5 Å². The van der Waals surface area contributed by atoms with Gasteiger partial charge in [0.05, 0.1) is 44.7 Å². The van der Waals surface area contributed by atoms with Gasteiger partial charge in [0, 0.05) is 6.92 Å². The zero-order valence-corrected chi connectivity index (χ0v) is 55.7. The maximum atomic E-state index is 13.7. The molecule has 0 bridgehead atoms. The van der Waals surface area contributed by atoms with E-state index in [1.54, 1.807) is 0 Å². The Bertz CT molecular complexity index is 1910. The van der Waals surface area contributed by atoms with Crippen LogP contribution in [0.1, 0.15) is 233 Å². The second kappa shape index (κ2) is 46.4. The molecule has 4 aliphatic heterocycles. The average molecular weight is 1330 g/mol. The molecule has 4 saturated heterocycles. The minimum Gasteiger partial charge on any atom is -0.394 e. The third kappa shape index (κ3) is 28.1. The number of carbonyl (C=O) groups is 2. The van der Waals surface area contributed by atoms with E-state index in [2.05, 4.69) is 24.5 Å². The highest BCUT2D eigenvalue weighted by atomic mass is 16.8. The van der Waals surface area contributed by atoms with Gasteiger partial charge in [-0.1, -0.05) is 206 Å². The van der Waals surface area contributed by atoms with E-state index < -0.39 is 185 Å². The molecule has 542 valence electrons. The topological polar surface area (TPSA) is 415 Å². The van der Waals surface area contributed by atoms with Crippen LogP contribution >= 0.6 is 0 Å². The normalized spacial score (nSPS) is 33.3. The van der Waals surface area contributed by atoms with Crippen LogP contribution in [0.3, 0.4) is 0 Å². The Labute approximate surface area is 546 Å². The summed E-state index contributed by atoms with van der Waals surface area (Å²) < 4.78 is 47.1. The average Bonchev–Trinajstić information content (AvgIpc) is 0.838. The molecule has 2 amide bonds. The molecule has 0 spiro atoms. The number of aliphatic hydroxyl groups excluding tert-OH is 14. The van der Waals surface area contributed by atoms with Crippen molar-refractivity contribution in [2.45, 2.75) is 380 Å². The molecule has 26 heteroatoms. The van der Waals surface area contributed by atoms with E-state index in [0.29, 0.717) is 12.8 Å². The molecule has 0 radical (unpaired) electrons. The molecule has 0 aromatic heterocycles. The minimum atomic E-state index is -2.10. The Hall–Kier alpha value is -1.94. The number of ether oxygens (including phenoxy) is 8. The lowest BCUT2D eigenvalue weighted by Gasteiger charge is -2.48. The summed E-state index contributed by atoms with van der Waals surface area (Å²) in [6.45, 7) is 3.76. The summed E-state index contributed by atoms with van der Waals surface area (Å²) in [5, 5.41) is 159. The van der Waals surface area contributed by atoms with Crippen LogP contribution in [0.4, 0.5) is 0 Å². The maximum absolute atomic E-state index is 13.7. The number of nitrogens with one attached hydrogen (secondary N) is 2. The zero-order chi connectivity index (χ0) is 67.5. The molecule has 0 saturated carbocycles. The molecule has 24 atom stereocenters. The van der Waals surface area contributed by atoms with E-state index in [4.69, 9.17) is 37.9 Å². The van der Waals surface area contributed by atoms with E-state index in [1.807, 2.05) is 0 Å². The van der Waals surface area contributed by atoms with Gasteiger partial charge in [-0.3, -0.25) is 9.59 Å². The monoisotopic (exact) mass is 1330 g/mol. The summed E-state index contributed by atoms with van der Waals surface area (Å²) in [7, 11) is 0. The van der Waals surface area contributed by atoms with Gasteiger partial charge in [-0.25, -0.2) is 0 Å². The molecule has 92 heavy (non-hydrogen) atoms. The van der Waals surface area contributed by atoms with Gasteiger partial charge >= 0.3 is 0 Å². The molecule has 16 N–H and O–H groups in total. The summed E-state index contributed by atoms with van der Waals surface area (Å²) in [6, 6.07) is -2.93. The molecule has 0 unspecified atom stereocenters. The first kappa shape index (κ1) is 82.5. The zero-order valence-electron chi connectivity index (χ0n) is 55.7. The first-order valence-electron chi connectivity index (χ1n) is 35.3. The summed E-state index contributed by atoms with van der Waals surface area (Å²) in [5.41, 5.74) is 0. The first-order valence-corrected chi connectivity index (χ1v) is 35.3. The van der Waals surface area contributed by atoms with Gasteiger partial charge in [-0.15, -0.1) is 0 Å². The fraction of sp³-hybridized carbons (Fsp3) is 0.970. The van der Waals surface area contributed by atoms with Crippen LogP contribution in [0.2, 0.25) is 0 Å². The van der Waals surface area contributed by atoms with Crippen molar-refractivity contribution in [3.05, 3.63) is 0 Å². The summed E-state index contributed by atoms with van der Waals surface area (Å²) in [6.07, 6.45) is -3.12. The van der Waals surface area contributed by atoms with Crippen LogP contribution in [0.25, 0.3) is 0 Å². The summed E-state index contributed by atoms with van der Waals surface area (Å²) in [4.78, 5) is 26.3. The van der Waals surface area contributed by atoms with Gasteiger partial charge in [-0.2, -0.15) is 0 Å². The predicted molar refractivity (Wildman–Crippen MR) is 337 cm³/mol. The second-order valence-corrected chi connectivity index (χ2v) is 26.4. The SMILES string of the molecule is CCCCCCCCCCCCCCCCCCCCCC[C@@H](O)C(=O)N[C@@H](CO[C@H]1O[C@H](CO)[C@H](O)[C@H](O)[C@H]1O[C@H]1O[C@H](CO[C@@H]2O[C@H](CO)[C@H](O)[C@H](O[C@@H]3O[C@@H](C)[C@H](O)[C@@H](O)[C@H]3O)[C@H]2NC(C)=O)[C@H](O)[C@H](O)[C@H]1O)[C@H](O)[C@H](O)CCCCCCCCCCCC. The van der Waals surface area contributed by atoms with Crippen molar-refractivity contribution in [1.29, 1.82) is 0 Å². The molecule has 0 aromatic carbocycles. The third-order valence-corrected chi connectivity index (χ3v) is 18.6. The Balaban J connectivity index is 1.39. The smallest absolute Gasteiger partial charge is 0.249 e. The Kier molecular flexibility index (Phi) is 41.6. The van der Waals surface area contributed by atoms with Crippen LogP contribution < -0.4 is 10.6 Å². The predicted octanol–water partition coefficient (Wildman–Crippen LogP) is 2.54. The van der Waals surface area contributed by atoms with Crippen molar-refractivity contribution in [3.63, 3.8) is 0 Å².